The van der Waals surface area contributed by atoms with Crippen LogP contribution in [-0.2, 0) is 0 Å². The molecule has 1 fully saturated rings. The molecule has 1 aliphatic carbocycles. The van der Waals surface area contributed by atoms with E-state index in [0.29, 0.717) is 22.1 Å². The predicted octanol–water partition coefficient (Wildman–Crippen LogP) is 4.88. The molecule has 0 heterocycles. The smallest absolute Gasteiger partial charge is 0.283 e. The summed E-state index contributed by atoms with van der Waals surface area (Å²) in [6.45, 7) is 4.20. The fourth-order valence-corrected chi connectivity index (χ4v) is 4.06. The lowest BCUT2D eigenvalue weighted by Gasteiger charge is -2.12. The fourth-order valence-electron chi connectivity index (χ4n) is 2.80. The Morgan fingerprint density at radius 1 is 1.17 bits per heavy atom. The number of benzene rings is 2. The Hall–Kier alpha value is -2.87. The van der Waals surface area contributed by atoms with Crippen LogP contribution in [0.25, 0.3) is 0 Å². The van der Waals surface area contributed by atoms with Crippen LogP contribution in [0.5, 0.6) is 0 Å². The Morgan fingerprint density at radius 2 is 1.90 bits per heavy atom. The number of nitrogens with one attached hydrogen (secondary N) is 2. The number of para-hydroxylation sites is 1. The van der Waals surface area contributed by atoms with Crippen LogP contribution in [0.1, 0.15) is 53.8 Å². The number of nitro groups is 1. The second-order valence-electron chi connectivity index (χ2n) is 7.72. The standard InChI is InChI=1S/C22H25N3O4S/c1-14(2)11-12-30-20-10-7-15(13-19(20)25(28)29)21(26)24-18-6-4-3-5-17(18)22(27)23-16-8-9-16/h3-7,10,13-14,16H,8-9,11-12H2,1-2H3,(H,23,27)(H,24,26). The van der Waals surface area contributed by atoms with Gasteiger partial charge in [-0.25, -0.2) is 0 Å². The van der Waals surface area contributed by atoms with Gasteiger partial charge >= 0.3 is 0 Å². The quantitative estimate of drug-likeness (QED) is 0.337. The summed E-state index contributed by atoms with van der Waals surface area (Å²) in [7, 11) is 0. The zero-order valence-electron chi connectivity index (χ0n) is 17.0. The Balaban J connectivity index is 1.76. The summed E-state index contributed by atoms with van der Waals surface area (Å²) >= 11 is 1.42. The van der Waals surface area contributed by atoms with E-state index < -0.39 is 10.8 Å². The van der Waals surface area contributed by atoms with E-state index in [1.165, 1.54) is 17.8 Å². The lowest BCUT2D eigenvalue weighted by atomic mass is 10.1. The molecule has 2 aromatic carbocycles. The van der Waals surface area contributed by atoms with Crippen LogP contribution in [0.2, 0.25) is 0 Å². The van der Waals surface area contributed by atoms with Gasteiger partial charge in [-0.05, 0) is 55.2 Å². The summed E-state index contributed by atoms with van der Waals surface area (Å²) in [5.74, 6) is 0.548. The Labute approximate surface area is 179 Å². The van der Waals surface area contributed by atoms with Crippen LogP contribution in [0.4, 0.5) is 11.4 Å². The maximum Gasteiger partial charge on any atom is 0.283 e. The minimum Gasteiger partial charge on any atom is -0.349 e. The summed E-state index contributed by atoms with van der Waals surface area (Å²) < 4.78 is 0. The molecule has 2 aromatic rings. The number of anilines is 1. The zero-order valence-corrected chi connectivity index (χ0v) is 17.8. The lowest BCUT2D eigenvalue weighted by Crippen LogP contribution is -2.27. The fraction of sp³-hybridized carbons (Fsp3) is 0.364. The number of nitrogens with zero attached hydrogens (tertiary/aromatic N) is 1. The molecule has 0 unspecified atom stereocenters. The van der Waals surface area contributed by atoms with Gasteiger partial charge in [0.1, 0.15) is 0 Å². The van der Waals surface area contributed by atoms with E-state index in [1.807, 2.05) is 0 Å². The highest BCUT2D eigenvalue weighted by molar-refractivity contribution is 7.99. The number of carbonyl (C=O) groups is 2. The number of hydrogen-bond donors (Lipinski definition) is 2. The number of thioether (sulfide) groups is 1. The average Bonchev–Trinajstić information content (AvgIpc) is 3.52. The van der Waals surface area contributed by atoms with Crippen LogP contribution < -0.4 is 10.6 Å². The molecule has 1 saturated carbocycles. The summed E-state index contributed by atoms with van der Waals surface area (Å²) in [5, 5.41) is 17.1. The van der Waals surface area contributed by atoms with Gasteiger partial charge in [0.2, 0.25) is 0 Å². The van der Waals surface area contributed by atoms with Crippen LogP contribution in [0, 0.1) is 16.0 Å². The summed E-state index contributed by atoms with van der Waals surface area (Å²) in [5.41, 5.74) is 0.829. The van der Waals surface area contributed by atoms with Crippen LogP contribution in [0.15, 0.2) is 47.4 Å². The lowest BCUT2D eigenvalue weighted by molar-refractivity contribution is -0.387. The van der Waals surface area contributed by atoms with Gasteiger partial charge in [-0.15, -0.1) is 11.8 Å². The van der Waals surface area contributed by atoms with E-state index in [9.17, 15) is 19.7 Å². The third kappa shape index (κ3) is 5.82. The van der Waals surface area contributed by atoms with Gasteiger partial charge < -0.3 is 10.6 Å². The molecule has 158 valence electrons. The van der Waals surface area contributed by atoms with Crippen molar-refractivity contribution in [1.29, 1.82) is 0 Å². The second-order valence-corrected chi connectivity index (χ2v) is 8.85. The van der Waals surface area contributed by atoms with Gasteiger partial charge in [-0.3, -0.25) is 19.7 Å². The topological polar surface area (TPSA) is 101 Å². The van der Waals surface area contributed by atoms with Crippen molar-refractivity contribution in [1.82, 2.24) is 5.32 Å². The van der Waals surface area contributed by atoms with Crippen LogP contribution in [-0.4, -0.2) is 28.5 Å². The molecule has 0 aromatic heterocycles. The van der Waals surface area contributed by atoms with Crippen molar-refractivity contribution in [2.75, 3.05) is 11.1 Å². The molecule has 0 atom stereocenters. The number of amides is 2. The van der Waals surface area contributed by atoms with E-state index >= 15 is 0 Å². The predicted molar refractivity (Wildman–Crippen MR) is 118 cm³/mol. The van der Waals surface area contributed by atoms with Crippen molar-refractivity contribution >= 4 is 35.0 Å². The van der Waals surface area contributed by atoms with E-state index in [0.717, 1.165) is 25.0 Å². The minimum absolute atomic E-state index is 0.0869. The van der Waals surface area contributed by atoms with Crippen molar-refractivity contribution in [2.24, 2.45) is 5.92 Å². The van der Waals surface area contributed by atoms with Crippen molar-refractivity contribution in [3.05, 3.63) is 63.7 Å². The summed E-state index contributed by atoms with van der Waals surface area (Å²) in [6.07, 6.45) is 2.88. The van der Waals surface area contributed by atoms with Gasteiger partial charge in [0.05, 0.1) is 21.1 Å². The minimum atomic E-state index is -0.497. The zero-order chi connectivity index (χ0) is 21.7. The molecule has 1 aliphatic rings. The number of hydrogen-bond acceptors (Lipinski definition) is 5. The molecule has 30 heavy (non-hydrogen) atoms. The molecule has 7 nitrogen and oxygen atoms in total. The van der Waals surface area contributed by atoms with E-state index in [1.54, 1.807) is 36.4 Å². The molecular formula is C22H25N3O4S. The largest absolute Gasteiger partial charge is 0.349 e. The molecule has 2 amide bonds. The van der Waals surface area contributed by atoms with Crippen molar-refractivity contribution in [2.45, 2.75) is 44.0 Å². The first kappa shape index (κ1) is 21.8. The van der Waals surface area contributed by atoms with Crippen molar-refractivity contribution in [3.63, 3.8) is 0 Å². The third-order valence-electron chi connectivity index (χ3n) is 4.70. The highest BCUT2D eigenvalue weighted by Gasteiger charge is 2.25. The van der Waals surface area contributed by atoms with Gasteiger partial charge in [0.15, 0.2) is 0 Å². The highest BCUT2D eigenvalue weighted by atomic mass is 32.2. The average molecular weight is 428 g/mol. The van der Waals surface area contributed by atoms with Crippen LogP contribution >= 0.6 is 11.8 Å². The molecule has 3 rings (SSSR count). The summed E-state index contributed by atoms with van der Waals surface area (Å²) in [6, 6.07) is 11.4. The maximum absolute atomic E-state index is 12.7. The molecular weight excluding hydrogens is 402 g/mol. The summed E-state index contributed by atoms with van der Waals surface area (Å²) in [4.78, 5) is 36.7. The monoisotopic (exact) mass is 427 g/mol. The van der Waals surface area contributed by atoms with Crippen molar-refractivity contribution in [3.8, 4) is 0 Å². The molecule has 0 saturated heterocycles. The van der Waals surface area contributed by atoms with E-state index in [2.05, 4.69) is 24.5 Å². The van der Waals surface area contributed by atoms with Crippen molar-refractivity contribution < 1.29 is 14.5 Å². The first-order valence-corrected chi connectivity index (χ1v) is 11.0. The van der Waals surface area contributed by atoms with Gasteiger partial charge in [-0.2, -0.15) is 0 Å². The van der Waals surface area contributed by atoms with E-state index in [4.69, 9.17) is 0 Å². The maximum atomic E-state index is 12.7. The van der Waals surface area contributed by atoms with Crippen LogP contribution in [0.3, 0.4) is 0 Å². The second kappa shape index (κ2) is 9.75. The highest BCUT2D eigenvalue weighted by Crippen LogP contribution is 2.31. The number of rotatable bonds is 9. The number of nitro benzene ring substituents is 1. The molecule has 0 radical (unpaired) electrons. The molecule has 0 aliphatic heterocycles. The van der Waals surface area contributed by atoms with Gasteiger partial charge in [0.25, 0.3) is 17.5 Å². The molecule has 0 spiro atoms. The third-order valence-corrected chi connectivity index (χ3v) is 5.80. The van der Waals surface area contributed by atoms with Gasteiger partial charge in [-0.1, -0.05) is 26.0 Å². The SMILES string of the molecule is CC(C)CCSc1ccc(C(=O)Nc2ccccc2C(=O)NC2CC2)cc1[N+](=O)[O-]. The Morgan fingerprint density at radius 3 is 2.57 bits per heavy atom. The first-order valence-electron chi connectivity index (χ1n) is 9.97. The number of carbonyl (C=O) groups excluding carboxylic acids is 2. The molecule has 8 heteroatoms. The molecule has 0 bridgehead atoms. The Kier molecular flexibility index (Phi) is 7.10. The first-order chi connectivity index (χ1) is 14.3. The van der Waals surface area contributed by atoms with E-state index in [-0.39, 0.29) is 23.2 Å². The normalized spacial score (nSPS) is 13.2. The molecule has 2 N–H and O–H groups in total. The van der Waals surface area contributed by atoms with Gasteiger partial charge in [0, 0.05) is 17.7 Å². The Bertz CT molecular complexity index is 957.